The van der Waals surface area contributed by atoms with E-state index < -0.39 is 0 Å². The zero-order valence-electron chi connectivity index (χ0n) is 18.2. The SMILES string of the molecule is Cc1ccc(C)c(NC(=O)[C@@H](c2ccccc2)[NH+]2CC[NH+](C[C@@H]3CCCO3)CC2)c1. The summed E-state index contributed by atoms with van der Waals surface area (Å²) < 4.78 is 5.83. The van der Waals surface area contributed by atoms with Gasteiger partial charge in [-0.25, -0.2) is 0 Å². The maximum atomic E-state index is 13.5. The summed E-state index contributed by atoms with van der Waals surface area (Å²) in [7, 11) is 0. The largest absolute Gasteiger partial charge is 0.372 e. The van der Waals surface area contributed by atoms with Crippen LogP contribution in [0.5, 0.6) is 0 Å². The molecule has 4 rings (SSSR count). The highest BCUT2D eigenvalue weighted by atomic mass is 16.5. The summed E-state index contributed by atoms with van der Waals surface area (Å²) in [5.74, 6) is 0.0903. The predicted molar refractivity (Wildman–Crippen MR) is 119 cm³/mol. The molecule has 5 heteroatoms. The number of quaternary nitrogens is 2. The molecule has 0 unspecified atom stereocenters. The number of anilines is 1. The highest BCUT2D eigenvalue weighted by Crippen LogP contribution is 2.19. The molecule has 160 valence electrons. The summed E-state index contributed by atoms with van der Waals surface area (Å²) >= 11 is 0. The lowest BCUT2D eigenvalue weighted by atomic mass is 10.0. The van der Waals surface area contributed by atoms with Gasteiger partial charge in [0, 0.05) is 17.9 Å². The van der Waals surface area contributed by atoms with Crippen molar-refractivity contribution in [3.63, 3.8) is 0 Å². The molecular formula is C25H35N3O2+2. The predicted octanol–water partition coefficient (Wildman–Crippen LogP) is 0.946. The van der Waals surface area contributed by atoms with Crippen molar-refractivity contribution < 1.29 is 19.3 Å². The van der Waals surface area contributed by atoms with E-state index in [1.54, 1.807) is 4.90 Å². The van der Waals surface area contributed by atoms with Crippen molar-refractivity contribution in [2.75, 3.05) is 44.6 Å². The molecule has 2 aromatic carbocycles. The highest BCUT2D eigenvalue weighted by molar-refractivity contribution is 5.95. The van der Waals surface area contributed by atoms with Gasteiger partial charge in [-0.1, -0.05) is 42.5 Å². The minimum absolute atomic E-state index is 0.0903. The Balaban J connectivity index is 1.46. The van der Waals surface area contributed by atoms with Crippen molar-refractivity contribution in [2.24, 2.45) is 0 Å². The van der Waals surface area contributed by atoms with Crippen LogP contribution in [-0.2, 0) is 9.53 Å². The molecule has 30 heavy (non-hydrogen) atoms. The summed E-state index contributed by atoms with van der Waals surface area (Å²) in [4.78, 5) is 16.5. The van der Waals surface area contributed by atoms with E-state index in [0.717, 1.165) is 61.7 Å². The normalized spacial score (nSPS) is 25.1. The molecule has 0 spiro atoms. The first-order valence-electron chi connectivity index (χ1n) is 11.3. The van der Waals surface area contributed by atoms with Gasteiger partial charge in [0.2, 0.25) is 0 Å². The van der Waals surface area contributed by atoms with E-state index in [1.807, 2.05) is 25.1 Å². The minimum atomic E-state index is -0.185. The van der Waals surface area contributed by atoms with Gasteiger partial charge in [-0.2, -0.15) is 0 Å². The molecule has 3 N–H and O–H groups in total. The third-order valence-corrected chi connectivity index (χ3v) is 6.59. The number of carbonyl (C=O) groups excluding carboxylic acids is 1. The van der Waals surface area contributed by atoms with Crippen molar-refractivity contribution in [3.8, 4) is 0 Å². The lowest BCUT2D eigenvalue weighted by molar-refractivity contribution is -1.02. The van der Waals surface area contributed by atoms with Crippen LogP contribution in [0.3, 0.4) is 0 Å². The van der Waals surface area contributed by atoms with Gasteiger partial charge in [0.05, 0.1) is 0 Å². The van der Waals surface area contributed by atoms with Crippen molar-refractivity contribution in [1.82, 2.24) is 0 Å². The van der Waals surface area contributed by atoms with E-state index in [-0.39, 0.29) is 11.9 Å². The molecule has 0 radical (unpaired) electrons. The Labute approximate surface area is 180 Å². The number of carbonyl (C=O) groups is 1. The van der Waals surface area contributed by atoms with Crippen LogP contribution in [0.2, 0.25) is 0 Å². The van der Waals surface area contributed by atoms with Crippen LogP contribution >= 0.6 is 0 Å². The van der Waals surface area contributed by atoms with Gasteiger partial charge in [-0.05, 0) is 43.9 Å². The van der Waals surface area contributed by atoms with E-state index in [1.165, 1.54) is 17.7 Å². The maximum absolute atomic E-state index is 13.5. The molecule has 2 saturated heterocycles. The van der Waals surface area contributed by atoms with Gasteiger partial charge >= 0.3 is 0 Å². The van der Waals surface area contributed by atoms with Gasteiger partial charge in [0.25, 0.3) is 5.91 Å². The number of rotatable bonds is 6. The van der Waals surface area contributed by atoms with E-state index >= 15 is 0 Å². The van der Waals surface area contributed by atoms with Crippen LogP contribution in [0.4, 0.5) is 5.69 Å². The zero-order valence-corrected chi connectivity index (χ0v) is 18.2. The van der Waals surface area contributed by atoms with Crippen LogP contribution in [0.25, 0.3) is 0 Å². The van der Waals surface area contributed by atoms with Gasteiger partial charge in [0.15, 0.2) is 6.04 Å². The zero-order chi connectivity index (χ0) is 20.9. The van der Waals surface area contributed by atoms with E-state index in [4.69, 9.17) is 4.74 Å². The van der Waals surface area contributed by atoms with Crippen LogP contribution in [0.15, 0.2) is 48.5 Å². The first-order chi connectivity index (χ1) is 14.6. The number of aryl methyl sites for hydroxylation is 2. The summed E-state index contributed by atoms with van der Waals surface area (Å²) in [5.41, 5.74) is 4.27. The number of amides is 1. The quantitative estimate of drug-likeness (QED) is 0.665. The molecule has 2 atom stereocenters. The second-order valence-corrected chi connectivity index (χ2v) is 8.90. The van der Waals surface area contributed by atoms with Crippen molar-refractivity contribution in [1.29, 1.82) is 0 Å². The first-order valence-corrected chi connectivity index (χ1v) is 11.3. The Hall–Kier alpha value is -2.21. The van der Waals surface area contributed by atoms with Crippen LogP contribution in [0.1, 0.15) is 35.6 Å². The molecule has 0 aliphatic carbocycles. The molecule has 0 saturated carbocycles. The smallest absolute Gasteiger partial charge is 0.287 e. The van der Waals surface area contributed by atoms with Crippen LogP contribution in [-0.4, -0.2) is 51.3 Å². The molecule has 1 amide bonds. The lowest BCUT2D eigenvalue weighted by Gasteiger charge is -2.34. The van der Waals surface area contributed by atoms with Gasteiger partial charge in [0.1, 0.15) is 38.8 Å². The van der Waals surface area contributed by atoms with Gasteiger partial charge in [-0.15, -0.1) is 0 Å². The number of hydrogen-bond acceptors (Lipinski definition) is 2. The van der Waals surface area contributed by atoms with E-state index in [9.17, 15) is 4.79 Å². The van der Waals surface area contributed by atoms with E-state index in [0.29, 0.717) is 6.10 Å². The minimum Gasteiger partial charge on any atom is -0.372 e. The van der Waals surface area contributed by atoms with Crippen molar-refractivity contribution >= 4 is 11.6 Å². The topological polar surface area (TPSA) is 47.2 Å². The Morgan fingerprint density at radius 1 is 1.10 bits per heavy atom. The first kappa shape index (κ1) is 21.0. The van der Waals surface area contributed by atoms with Crippen LogP contribution in [0, 0.1) is 13.8 Å². The molecule has 0 bridgehead atoms. The molecular weight excluding hydrogens is 374 g/mol. The summed E-state index contributed by atoms with van der Waals surface area (Å²) in [5, 5.41) is 3.23. The fraction of sp³-hybridized carbons (Fsp3) is 0.480. The highest BCUT2D eigenvalue weighted by Gasteiger charge is 2.36. The van der Waals surface area contributed by atoms with E-state index in [2.05, 4.69) is 42.6 Å². The number of nitrogens with one attached hydrogen (secondary N) is 3. The Bertz CT molecular complexity index is 841. The third kappa shape index (κ3) is 5.09. The third-order valence-electron chi connectivity index (χ3n) is 6.59. The monoisotopic (exact) mass is 409 g/mol. The molecule has 2 fully saturated rings. The number of benzene rings is 2. The molecule has 2 aliphatic rings. The molecule has 2 aromatic rings. The maximum Gasteiger partial charge on any atom is 0.287 e. The summed E-state index contributed by atoms with van der Waals surface area (Å²) in [6.07, 6.45) is 2.83. The fourth-order valence-corrected chi connectivity index (χ4v) is 4.84. The Morgan fingerprint density at radius 2 is 1.87 bits per heavy atom. The number of hydrogen-bond donors (Lipinski definition) is 3. The average molecular weight is 410 g/mol. The molecule has 2 heterocycles. The summed E-state index contributed by atoms with van der Waals surface area (Å²) in [6.45, 7) is 10.3. The summed E-state index contributed by atoms with van der Waals surface area (Å²) in [6, 6.07) is 16.3. The fourth-order valence-electron chi connectivity index (χ4n) is 4.84. The van der Waals surface area contributed by atoms with Gasteiger partial charge in [-0.3, -0.25) is 4.79 Å². The Kier molecular flexibility index (Phi) is 6.82. The molecule has 0 aromatic heterocycles. The second-order valence-electron chi connectivity index (χ2n) is 8.90. The van der Waals surface area contributed by atoms with Gasteiger partial charge < -0.3 is 19.9 Å². The lowest BCUT2D eigenvalue weighted by Crippen LogP contribution is -3.28. The standard InChI is InChI=1S/C25H33N3O2/c1-19-10-11-20(2)23(17-19)26-25(29)24(21-7-4-3-5-8-21)28-14-12-27(13-15-28)18-22-9-6-16-30-22/h3-5,7-8,10-11,17,22,24H,6,9,12-16,18H2,1-2H3,(H,26,29)/p+2/t22-,24+/m0/s1. The number of piperazine rings is 1. The van der Waals surface area contributed by atoms with Crippen LogP contribution < -0.4 is 15.1 Å². The van der Waals surface area contributed by atoms with Crippen molar-refractivity contribution in [2.45, 2.75) is 38.8 Å². The second kappa shape index (κ2) is 9.73. The molecule has 2 aliphatic heterocycles. The van der Waals surface area contributed by atoms with Crippen molar-refractivity contribution in [3.05, 3.63) is 65.2 Å². The average Bonchev–Trinajstić information content (AvgIpc) is 3.26. The number of ether oxygens (including phenoxy) is 1. The molecule has 5 nitrogen and oxygen atoms in total. The Morgan fingerprint density at radius 3 is 2.57 bits per heavy atom.